The van der Waals surface area contributed by atoms with Crippen molar-refractivity contribution in [2.45, 2.75) is 184 Å². The Labute approximate surface area is 281 Å². The van der Waals surface area contributed by atoms with Gasteiger partial charge in [0.25, 0.3) is 0 Å². The summed E-state index contributed by atoms with van der Waals surface area (Å²) in [6, 6.07) is 8.94. The lowest BCUT2D eigenvalue weighted by Crippen LogP contribution is -2.18. The number of phenolic OH excluding ortho intramolecular Hbond substituents is 2. The highest BCUT2D eigenvalue weighted by atomic mass is 32.2. The average Bonchev–Trinajstić information content (AvgIpc) is 2.87. The molecule has 0 bridgehead atoms. The molecule has 44 heavy (non-hydrogen) atoms. The van der Waals surface area contributed by atoms with Gasteiger partial charge in [0, 0.05) is 43.0 Å². The van der Waals surface area contributed by atoms with E-state index in [-0.39, 0.29) is 21.7 Å². The topological polar surface area (TPSA) is 40.5 Å². The zero-order chi connectivity index (χ0) is 33.5. The maximum absolute atomic E-state index is 11.3. The monoisotopic (exact) mass is 642 g/mol. The Morgan fingerprint density at radius 2 is 0.864 bits per heavy atom. The van der Waals surface area contributed by atoms with E-state index in [1.54, 1.807) is 0 Å². The van der Waals surface area contributed by atoms with Gasteiger partial charge in [-0.05, 0) is 52.3 Å². The van der Waals surface area contributed by atoms with Crippen molar-refractivity contribution >= 4 is 23.5 Å². The van der Waals surface area contributed by atoms with Gasteiger partial charge >= 0.3 is 0 Å². The molecule has 1 atom stereocenters. The van der Waals surface area contributed by atoms with Crippen LogP contribution in [0.5, 0.6) is 11.5 Å². The standard InChI is InChI=1S/C40H66O2S2/c1-14-15-16-17-18-19-20-21-22-28(44-30-25-33(39(8,9)10)36(42)34(26-30)40(11,12)13)27-43-29-23-31(37(2,3)4)35(41)32(24-29)38(5,6)7/h23-26,28,41-42H,14-22,27H2,1-13H3. The summed E-state index contributed by atoms with van der Waals surface area (Å²) < 4.78 is 0. The van der Waals surface area contributed by atoms with Crippen LogP contribution >= 0.6 is 23.5 Å². The maximum Gasteiger partial charge on any atom is 0.123 e. The van der Waals surface area contributed by atoms with Gasteiger partial charge in [0.2, 0.25) is 0 Å². The highest BCUT2D eigenvalue weighted by molar-refractivity contribution is 8.03. The summed E-state index contributed by atoms with van der Waals surface area (Å²) >= 11 is 3.93. The van der Waals surface area contributed by atoms with E-state index < -0.39 is 0 Å². The maximum atomic E-state index is 11.3. The molecule has 0 amide bonds. The second-order valence-corrected chi connectivity index (χ2v) is 19.5. The van der Waals surface area contributed by atoms with Crippen LogP contribution in [0.4, 0.5) is 0 Å². The lowest BCUT2D eigenvalue weighted by atomic mass is 9.79. The molecule has 0 aromatic heterocycles. The van der Waals surface area contributed by atoms with Crippen LogP contribution in [0, 0.1) is 0 Å². The molecule has 0 spiro atoms. The molecule has 2 N–H and O–H groups in total. The molecule has 0 aliphatic rings. The van der Waals surface area contributed by atoms with Gasteiger partial charge in [-0.15, -0.1) is 23.5 Å². The fourth-order valence-corrected chi connectivity index (χ4v) is 8.18. The van der Waals surface area contributed by atoms with Gasteiger partial charge in [-0.1, -0.05) is 141 Å². The Bertz CT molecular complexity index is 1120. The summed E-state index contributed by atoms with van der Waals surface area (Å²) in [5, 5.41) is 23.0. The van der Waals surface area contributed by atoms with Gasteiger partial charge in [0.15, 0.2) is 0 Å². The molecule has 2 aromatic carbocycles. The first-order valence-corrected chi connectivity index (χ1v) is 19.1. The number of benzene rings is 2. The van der Waals surface area contributed by atoms with E-state index in [1.165, 1.54) is 67.6 Å². The summed E-state index contributed by atoms with van der Waals surface area (Å²) in [7, 11) is 0. The van der Waals surface area contributed by atoms with Crippen LogP contribution in [-0.2, 0) is 21.7 Å². The van der Waals surface area contributed by atoms with Crippen molar-refractivity contribution in [3.63, 3.8) is 0 Å². The minimum absolute atomic E-state index is 0.134. The molecule has 0 saturated heterocycles. The predicted octanol–water partition coefficient (Wildman–Crippen LogP) is 13.1. The smallest absolute Gasteiger partial charge is 0.123 e. The molecule has 2 aromatic rings. The summed E-state index contributed by atoms with van der Waals surface area (Å²) in [5.74, 6) is 1.92. The number of hydrogen-bond donors (Lipinski definition) is 2. The Kier molecular flexibility index (Phi) is 14.2. The number of aromatic hydroxyl groups is 2. The minimum Gasteiger partial charge on any atom is -0.507 e. The van der Waals surface area contributed by atoms with Crippen molar-refractivity contribution in [3.05, 3.63) is 46.5 Å². The Morgan fingerprint density at radius 1 is 0.523 bits per heavy atom. The van der Waals surface area contributed by atoms with E-state index in [0.29, 0.717) is 16.7 Å². The van der Waals surface area contributed by atoms with E-state index >= 15 is 0 Å². The Morgan fingerprint density at radius 3 is 1.23 bits per heavy atom. The van der Waals surface area contributed by atoms with Gasteiger partial charge in [-0.3, -0.25) is 0 Å². The summed E-state index contributed by atoms with van der Waals surface area (Å²) in [5.41, 5.74) is 3.59. The molecule has 0 aliphatic heterocycles. The second-order valence-electron chi connectivity index (χ2n) is 17.0. The Hall–Kier alpha value is -1.26. The van der Waals surface area contributed by atoms with Crippen LogP contribution < -0.4 is 0 Å². The third kappa shape index (κ3) is 11.8. The van der Waals surface area contributed by atoms with Gasteiger partial charge in [0.05, 0.1) is 0 Å². The van der Waals surface area contributed by atoms with E-state index in [0.717, 1.165) is 28.0 Å². The van der Waals surface area contributed by atoms with Crippen LogP contribution in [0.15, 0.2) is 34.1 Å². The summed E-state index contributed by atoms with van der Waals surface area (Å²) in [4.78, 5) is 2.51. The van der Waals surface area contributed by atoms with Crippen LogP contribution in [-0.4, -0.2) is 21.2 Å². The van der Waals surface area contributed by atoms with Crippen molar-refractivity contribution in [3.8, 4) is 11.5 Å². The van der Waals surface area contributed by atoms with Gasteiger partial charge in [-0.25, -0.2) is 0 Å². The van der Waals surface area contributed by atoms with Gasteiger partial charge < -0.3 is 10.2 Å². The minimum atomic E-state index is -0.137. The number of thioether (sulfide) groups is 2. The number of phenols is 2. The van der Waals surface area contributed by atoms with Crippen molar-refractivity contribution in [1.82, 2.24) is 0 Å². The molecule has 1 unspecified atom stereocenters. The zero-order valence-electron chi connectivity index (χ0n) is 30.7. The molecule has 0 saturated carbocycles. The lowest BCUT2D eigenvalue weighted by molar-refractivity contribution is 0.421. The third-order valence-electron chi connectivity index (χ3n) is 8.52. The van der Waals surface area contributed by atoms with E-state index in [1.807, 2.05) is 23.5 Å². The molecule has 0 radical (unpaired) electrons. The fraction of sp³-hybridized carbons (Fsp3) is 0.700. The number of rotatable bonds is 14. The zero-order valence-corrected chi connectivity index (χ0v) is 32.3. The first-order valence-electron chi connectivity index (χ1n) is 17.2. The predicted molar refractivity (Wildman–Crippen MR) is 199 cm³/mol. The van der Waals surface area contributed by atoms with Crippen LogP contribution in [0.25, 0.3) is 0 Å². The van der Waals surface area contributed by atoms with Crippen LogP contribution in [0.2, 0.25) is 0 Å². The first kappa shape index (κ1) is 38.9. The molecular formula is C40H66O2S2. The quantitative estimate of drug-likeness (QED) is 0.159. The second kappa shape index (κ2) is 16.0. The van der Waals surface area contributed by atoms with E-state index in [2.05, 4.69) is 114 Å². The van der Waals surface area contributed by atoms with Crippen LogP contribution in [0.1, 0.15) is 170 Å². The largest absolute Gasteiger partial charge is 0.507 e. The molecule has 0 fully saturated rings. The van der Waals surface area contributed by atoms with Crippen molar-refractivity contribution in [2.75, 3.05) is 5.75 Å². The normalized spacial score (nSPS) is 13.8. The highest BCUT2D eigenvalue weighted by Crippen LogP contribution is 2.45. The molecule has 250 valence electrons. The van der Waals surface area contributed by atoms with E-state index in [4.69, 9.17) is 0 Å². The van der Waals surface area contributed by atoms with Gasteiger partial charge in [-0.2, -0.15) is 0 Å². The molecular weight excluding hydrogens is 577 g/mol. The van der Waals surface area contributed by atoms with E-state index in [9.17, 15) is 10.2 Å². The van der Waals surface area contributed by atoms with Crippen LogP contribution in [0.3, 0.4) is 0 Å². The van der Waals surface area contributed by atoms with Crippen molar-refractivity contribution in [1.29, 1.82) is 0 Å². The summed E-state index contributed by atoms with van der Waals surface area (Å²) in [6.07, 6.45) is 11.8. The SMILES string of the molecule is CCCCCCCCCCC(CSc1cc(C(C)(C)C)c(O)c(C(C)(C)C)c1)Sc1cc(C(C)(C)C)c(O)c(C(C)(C)C)c1. The highest BCUT2D eigenvalue weighted by Gasteiger charge is 2.29. The molecule has 2 rings (SSSR count). The van der Waals surface area contributed by atoms with Crippen molar-refractivity contribution < 1.29 is 10.2 Å². The molecule has 2 nitrogen and oxygen atoms in total. The molecule has 0 heterocycles. The number of hydrogen-bond acceptors (Lipinski definition) is 4. The van der Waals surface area contributed by atoms with Crippen molar-refractivity contribution in [2.24, 2.45) is 0 Å². The number of unbranched alkanes of at least 4 members (excludes halogenated alkanes) is 7. The average molecular weight is 643 g/mol. The summed E-state index contributed by atoms with van der Waals surface area (Å²) in [6.45, 7) is 28.6. The van der Waals surface area contributed by atoms with Gasteiger partial charge in [0.1, 0.15) is 11.5 Å². The Balaban J connectivity index is 2.39. The fourth-order valence-electron chi connectivity index (χ4n) is 5.72. The molecule has 4 heteroatoms. The first-order chi connectivity index (χ1) is 20.2. The lowest BCUT2D eigenvalue weighted by Gasteiger charge is -2.29. The molecule has 0 aliphatic carbocycles. The third-order valence-corrected chi connectivity index (χ3v) is 11.1.